The number of carbonyl (C=O) groups excluding carboxylic acids is 5. The van der Waals surface area contributed by atoms with E-state index in [0.717, 1.165) is 16.0 Å². The molecule has 0 saturated carbocycles. The molecule has 320 valence electrons. The van der Waals surface area contributed by atoms with E-state index in [1.54, 1.807) is 76.1 Å². The SMILES string of the molecule is CC(Cl)COC(=O)N1CC(=O)Nc2ncc(/C=C/C(=O)N3CC(OCc4cccs4)C3)cc2C1.O=C1CNCc2cc(/C=C/C(=O)N3CC(OCc4cccs4)C3)cnc2N1. The van der Waals surface area contributed by atoms with Gasteiger partial charge in [-0.05, 0) is 65.2 Å². The first-order valence-corrected chi connectivity index (χ1v) is 21.8. The Hall–Kier alpha value is -5.50. The number of carbonyl (C=O) groups is 5. The molecular weight excluding hydrogens is 844 g/mol. The van der Waals surface area contributed by atoms with Gasteiger partial charge in [-0.1, -0.05) is 12.1 Å². The fraction of sp³-hybridized carbons (Fsp3) is 0.357. The lowest BCUT2D eigenvalue weighted by molar-refractivity contribution is -0.140. The van der Waals surface area contributed by atoms with E-state index >= 15 is 0 Å². The normalized spacial score (nSPS) is 17.2. The molecule has 19 heteroatoms. The van der Waals surface area contributed by atoms with Crippen molar-refractivity contribution in [1.82, 2.24) is 30.0 Å². The fourth-order valence-corrected chi connectivity index (χ4v) is 7.72. The first kappa shape index (κ1) is 43.6. The lowest BCUT2D eigenvalue weighted by Crippen LogP contribution is -2.54. The van der Waals surface area contributed by atoms with E-state index in [1.807, 2.05) is 41.1 Å². The molecular formula is C42H45ClN8O8S2. The second-order valence-corrected chi connectivity index (χ2v) is 17.5. The minimum atomic E-state index is -0.625. The molecule has 5 amide bonds. The van der Waals surface area contributed by atoms with Gasteiger partial charge < -0.3 is 40.0 Å². The first-order valence-electron chi connectivity index (χ1n) is 19.6. The number of rotatable bonds is 12. The number of aromatic nitrogens is 2. The molecule has 4 aromatic heterocycles. The molecule has 61 heavy (non-hydrogen) atoms. The highest BCUT2D eigenvalue weighted by Gasteiger charge is 2.31. The van der Waals surface area contributed by atoms with Gasteiger partial charge in [0.2, 0.25) is 23.6 Å². The van der Waals surface area contributed by atoms with Crippen LogP contribution in [0.2, 0.25) is 0 Å². The molecule has 0 bridgehead atoms. The summed E-state index contributed by atoms with van der Waals surface area (Å²) in [7, 11) is 0. The second-order valence-electron chi connectivity index (χ2n) is 14.6. The lowest BCUT2D eigenvalue weighted by atomic mass is 10.1. The molecule has 8 rings (SSSR count). The summed E-state index contributed by atoms with van der Waals surface area (Å²) in [6.45, 7) is 6.09. The van der Waals surface area contributed by atoms with Crippen LogP contribution in [0.3, 0.4) is 0 Å². The Morgan fingerprint density at radius 2 is 1.33 bits per heavy atom. The molecule has 0 aromatic carbocycles. The van der Waals surface area contributed by atoms with Crippen molar-refractivity contribution in [3.63, 3.8) is 0 Å². The van der Waals surface area contributed by atoms with Crippen molar-refractivity contribution < 1.29 is 38.2 Å². The zero-order valence-corrected chi connectivity index (χ0v) is 35.7. The van der Waals surface area contributed by atoms with Crippen LogP contribution in [0.4, 0.5) is 16.4 Å². The standard InChI is InChI=1S/C23H25ClN4O5S.C19H20N4O3S/c1-15(24)13-33-23(31)28-9-17-7-16(8-25-22(17)26-20(29)12-28)4-5-21(30)27-10-18(11-27)32-14-19-3-2-6-34-19;24-17-9-20-8-14-6-13(7-21-19(14)22-17)3-4-18(25)23-10-15(11-23)26-12-16-2-1-5-27-16/h2-8,15,18H,9-14H2,1H3,(H,25,26,29);1-7,15,20H,8-12H2,(H,21,22,24)/b5-4+;4-3+. The molecule has 4 aromatic rings. The van der Waals surface area contributed by atoms with Crippen molar-refractivity contribution >= 4 is 87.8 Å². The molecule has 16 nitrogen and oxygen atoms in total. The zero-order valence-electron chi connectivity index (χ0n) is 33.3. The number of ether oxygens (including phenoxy) is 3. The average molecular weight is 889 g/mol. The maximum atomic E-state index is 12.5. The van der Waals surface area contributed by atoms with Crippen molar-refractivity contribution in [3.8, 4) is 0 Å². The van der Waals surface area contributed by atoms with Gasteiger partial charge in [0.1, 0.15) is 24.8 Å². The highest BCUT2D eigenvalue weighted by Crippen LogP contribution is 2.23. The van der Waals surface area contributed by atoms with Crippen LogP contribution >= 0.6 is 34.3 Å². The summed E-state index contributed by atoms with van der Waals surface area (Å²) >= 11 is 9.16. The van der Waals surface area contributed by atoms with E-state index in [2.05, 4.69) is 25.9 Å². The number of thiophene rings is 2. The molecule has 4 aliphatic rings. The number of amides is 5. The number of anilines is 2. The number of alkyl halides is 1. The minimum Gasteiger partial charge on any atom is -0.448 e. The molecule has 1 atom stereocenters. The van der Waals surface area contributed by atoms with Crippen LogP contribution < -0.4 is 16.0 Å². The van der Waals surface area contributed by atoms with Gasteiger partial charge in [0, 0.05) is 78.2 Å². The minimum absolute atomic E-state index is 0.0349. The number of nitrogens with one attached hydrogen (secondary N) is 3. The molecule has 1 unspecified atom stereocenters. The van der Waals surface area contributed by atoms with Crippen LogP contribution in [0.5, 0.6) is 0 Å². The van der Waals surface area contributed by atoms with Crippen molar-refractivity contribution in [2.24, 2.45) is 0 Å². The lowest BCUT2D eigenvalue weighted by Gasteiger charge is -2.38. The molecule has 0 radical (unpaired) electrons. The van der Waals surface area contributed by atoms with Gasteiger partial charge in [0.25, 0.3) is 0 Å². The zero-order chi connectivity index (χ0) is 42.7. The molecule has 0 aliphatic carbocycles. The molecule has 2 saturated heterocycles. The number of fused-ring (bicyclic) bond motifs is 2. The van der Waals surface area contributed by atoms with Gasteiger partial charge in [0.15, 0.2) is 0 Å². The Kier molecular flexibility index (Phi) is 14.9. The molecule has 4 aliphatic heterocycles. The maximum Gasteiger partial charge on any atom is 0.410 e. The van der Waals surface area contributed by atoms with Gasteiger partial charge in [-0.15, -0.1) is 34.3 Å². The van der Waals surface area contributed by atoms with E-state index in [4.69, 9.17) is 25.8 Å². The molecule has 2 fully saturated rings. The Morgan fingerprint density at radius 3 is 1.87 bits per heavy atom. The van der Waals surface area contributed by atoms with Crippen molar-refractivity contribution in [2.75, 3.05) is 56.5 Å². The van der Waals surface area contributed by atoms with Crippen molar-refractivity contribution in [2.45, 2.75) is 50.8 Å². The topological polar surface area (TPSA) is 185 Å². The predicted octanol–water partition coefficient (Wildman–Crippen LogP) is 4.73. The maximum absolute atomic E-state index is 12.5. The van der Waals surface area contributed by atoms with Crippen LogP contribution in [-0.2, 0) is 59.7 Å². The number of hydrogen-bond acceptors (Lipinski definition) is 13. The summed E-state index contributed by atoms with van der Waals surface area (Å²) in [6, 6.07) is 11.8. The Labute approximate surface area is 365 Å². The van der Waals surface area contributed by atoms with Gasteiger partial charge >= 0.3 is 6.09 Å². The van der Waals surface area contributed by atoms with E-state index in [-0.39, 0.29) is 67.5 Å². The monoisotopic (exact) mass is 888 g/mol. The predicted molar refractivity (Wildman–Crippen MR) is 232 cm³/mol. The van der Waals surface area contributed by atoms with Crippen LogP contribution in [-0.4, -0.2) is 118 Å². The quantitative estimate of drug-likeness (QED) is 0.132. The second kappa shape index (κ2) is 20.8. The van der Waals surface area contributed by atoms with E-state index in [0.29, 0.717) is 68.7 Å². The number of halogens is 1. The third-order valence-corrected chi connectivity index (χ3v) is 11.5. The highest BCUT2D eigenvalue weighted by molar-refractivity contribution is 7.10. The van der Waals surface area contributed by atoms with Crippen molar-refractivity contribution in [1.29, 1.82) is 0 Å². The summed E-state index contributed by atoms with van der Waals surface area (Å²) in [5.74, 6) is 0.333. The van der Waals surface area contributed by atoms with Gasteiger partial charge in [-0.2, -0.15) is 0 Å². The Balaban J connectivity index is 0.000000189. The fourth-order valence-electron chi connectivity index (χ4n) is 6.40. The summed E-state index contributed by atoms with van der Waals surface area (Å²) in [4.78, 5) is 76.4. The summed E-state index contributed by atoms with van der Waals surface area (Å²) in [5, 5.41) is 12.2. The number of nitrogens with zero attached hydrogens (tertiary/aromatic N) is 5. The highest BCUT2D eigenvalue weighted by atomic mass is 35.5. The smallest absolute Gasteiger partial charge is 0.410 e. The van der Waals surface area contributed by atoms with Crippen molar-refractivity contribution in [3.05, 3.63) is 104 Å². The van der Waals surface area contributed by atoms with E-state index < -0.39 is 6.09 Å². The van der Waals surface area contributed by atoms with Crippen LogP contribution in [0.15, 0.2) is 71.7 Å². The first-order chi connectivity index (χ1) is 29.5. The van der Waals surface area contributed by atoms with Crippen LogP contribution in [0, 0.1) is 0 Å². The summed E-state index contributed by atoms with van der Waals surface area (Å²) in [5.41, 5.74) is 3.05. The number of likely N-dealkylation sites (tertiary alicyclic amines) is 2. The molecule has 0 spiro atoms. The van der Waals surface area contributed by atoms with E-state index in [9.17, 15) is 24.0 Å². The number of hydrogen-bond donors (Lipinski definition) is 3. The Morgan fingerprint density at radius 1 is 0.787 bits per heavy atom. The van der Waals surface area contributed by atoms with E-state index in [1.165, 1.54) is 15.9 Å². The largest absolute Gasteiger partial charge is 0.448 e. The van der Waals surface area contributed by atoms with Gasteiger partial charge in [0.05, 0.1) is 43.9 Å². The third-order valence-electron chi connectivity index (χ3n) is 9.72. The van der Waals surface area contributed by atoms with Gasteiger partial charge in [-0.25, -0.2) is 14.8 Å². The third kappa shape index (κ3) is 12.5. The molecule has 8 heterocycles. The van der Waals surface area contributed by atoms with Crippen LogP contribution in [0.1, 0.15) is 38.9 Å². The average Bonchev–Trinajstić information content (AvgIpc) is 3.87. The summed E-state index contributed by atoms with van der Waals surface area (Å²) in [6.07, 6.45) is 9.20. The summed E-state index contributed by atoms with van der Waals surface area (Å²) < 4.78 is 16.7. The molecule has 3 N–H and O–H groups in total. The van der Waals surface area contributed by atoms with Gasteiger partial charge in [-0.3, -0.25) is 24.1 Å². The number of pyridine rings is 2. The Bertz CT molecular complexity index is 2240. The van der Waals surface area contributed by atoms with Crippen LogP contribution in [0.25, 0.3) is 12.2 Å².